The fraction of sp³-hybridized carbons (Fsp3) is 0.176. The first kappa shape index (κ1) is 14.2. The van der Waals surface area contributed by atoms with Crippen LogP contribution < -0.4 is 4.90 Å². The number of alkyl halides is 2. The molecule has 0 N–H and O–H groups in total. The molecule has 2 aromatic rings. The molecule has 0 aromatic heterocycles. The predicted molar refractivity (Wildman–Crippen MR) is 77.8 cm³/mol. The molecule has 0 saturated heterocycles. The summed E-state index contributed by atoms with van der Waals surface area (Å²) in [6.07, 6.45) is 0. The van der Waals surface area contributed by atoms with Gasteiger partial charge in [0.25, 0.3) is 5.91 Å². The molecule has 1 amide bonds. The van der Waals surface area contributed by atoms with E-state index in [-0.39, 0.29) is 0 Å². The third-order valence-corrected chi connectivity index (χ3v) is 3.93. The van der Waals surface area contributed by atoms with Gasteiger partial charge in [0.2, 0.25) is 0 Å². The third-order valence-electron chi connectivity index (χ3n) is 3.93. The second-order valence-corrected chi connectivity index (χ2v) is 5.21. The molecule has 1 unspecified atom stereocenters. The van der Waals surface area contributed by atoms with Crippen LogP contribution in [0.4, 0.5) is 14.5 Å². The van der Waals surface area contributed by atoms with E-state index in [1.165, 1.54) is 31.3 Å². The molecule has 1 aliphatic rings. The van der Waals surface area contributed by atoms with Gasteiger partial charge in [-0.15, -0.1) is 0 Å². The summed E-state index contributed by atoms with van der Waals surface area (Å²) in [5.74, 6) is -6.10. The number of rotatable bonds is 1. The lowest BCUT2D eigenvalue weighted by molar-refractivity contribution is -0.145. The minimum Gasteiger partial charge on any atom is -0.310 e. The van der Waals surface area contributed by atoms with Crippen molar-refractivity contribution in [1.29, 1.82) is 5.26 Å². The van der Waals surface area contributed by atoms with Crippen molar-refractivity contribution in [3.8, 4) is 6.07 Å². The number of carbonyl (C=O) groups excluding carboxylic acids is 1. The Labute approximate surface area is 126 Å². The van der Waals surface area contributed by atoms with Gasteiger partial charge in [0.15, 0.2) is 0 Å². The minimum absolute atomic E-state index is 0.318. The SMILES string of the molecule is CN1C(=O)C(F)(F)C(c2ccc(C#N)cc2)c2ccccc21. The third kappa shape index (κ3) is 1.96. The number of nitriles is 1. The second kappa shape index (κ2) is 4.92. The van der Waals surface area contributed by atoms with Crippen LogP contribution in [-0.4, -0.2) is 18.9 Å². The maximum absolute atomic E-state index is 14.6. The number of nitrogens with zero attached hydrogens (tertiary/aromatic N) is 2. The zero-order chi connectivity index (χ0) is 15.9. The van der Waals surface area contributed by atoms with Crippen LogP contribution in [0.15, 0.2) is 48.5 Å². The molecule has 0 radical (unpaired) electrons. The van der Waals surface area contributed by atoms with Crippen molar-refractivity contribution in [2.24, 2.45) is 0 Å². The van der Waals surface area contributed by atoms with Crippen molar-refractivity contribution in [3.05, 3.63) is 65.2 Å². The van der Waals surface area contributed by atoms with Crippen LogP contribution >= 0.6 is 0 Å². The molecule has 0 fully saturated rings. The number of benzene rings is 2. The van der Waals surface area contributed by atoms with Crippen molar-refractivity contribution in [3.63, 3.8) is 0 Å². The first-order valence-corrected chi connectivity index (χ1v) is 6.71. The Morgan fingerprint density at radius 3 is 2.41 bits per heavy atom. The van der Waals surface area contributed by atoms with Crippen LogP contribution in [0.25, 0.3) is 0 Å². The maximum Gasteiger partial charge on any atom is 0.335 e. The highest BCUT2D eigenvalue weighted by Crippen LogP contribution is 2.47. The van der Waals surface area contributed by atoms with Gasteiger partial charge in [-0.25, -0.2) is 0 Å². The van der Waals surface area contributed by atoms with E-state index in [2.05, 4.69) is 0 Å². The maximum atomic E-state index is 14.6. The van der Waals surface area contributed by atoms with Crippen molar-refractivity contribution < 1.29 is 13.6 Å². The Balaban J connectivity index is 2.21. The zero-order valence-corrected chi connectivity index (χ0v) is 11.8. The number of hydrogen-bond donors (Lipinski definition) is 0. The molecular formula is C17H12F2N2O. The van der Waals surface area contributed by atoms with Gasteiger partial charge in [0.05, 0.1) is 17.6 Å². The van der Waals surface area contributed by atoms with Crippen molar-refractivity contribution >= 4 is 11.6 Å². The van der Waals surface area contributed by atoms with Gasteiger partial charge in [0, 0.05) is 12.7 Å². The van der Waals surface area contributed by atoms with Crippen LogP contribution in [-0.2, 0) is 4.79 Å². The van der Waals surface area contributed by atoms with Crippen molar-refractivity contribution in [2.45, 2.75) is 11.8 Å². The standard InChI is InChI=1S/C17H12F2N2O/c1-21-14-5-3-2-4-13(14)15(17(18,19)16(21)22)12-8-6-11(10-20)7-9-12/h2-9,15H,1H3. The lowest BCUT2D eigenvalue weighted by atomic mass is 9.81. The highest BCUT2D eigenvalue weighted by Gasteiger charge is 2.54. The van der Waals surface area contributed by atoms with Gasteiger partial charge in [0.1, 0.15) is 0 Å². The molecule has 0 bridgehead atoms. The van der Waals surface area contributed by atoms with E-state index in [0.717, 1.165) is 4.90 Å². The summed E-state index contributed by atoms with van der Waals surface area (Å²) in [5, 5.41) is 8.82. The summed E-state index contributed by atoms with van der Waals surface area (Å²) in [5.41, 5.74) is 1.59. The van der Waals surface area contributed by atoms with E-state index in [1.54, 1.807) is 24.3 Å². The Morgan fingerprint density at radius 2 is 1.77 bits per heavy atom. The summed E-state index contributed by atoms with van der Waals surface area (Å²) >= 11 is 0. The van der Waals surface area contributed by atoms with Gasteiger partial charge < -0.3 is 4.90 Å². The molecule has 0 spiro atoms. The van der Waals surface area contributed by atoms with E-state index in [1.807, 2.05) is 6.07 Å². The van der Waals surface area contributed by atoms with E-state index >= 15 is 0 Å². The average molecular weight is 298 g/mol. The van der Waals surface area contributed by atoms with Crippen LogP contribution in [0.3, 0.4) is 0 Å². The van der Waals surface area contributed by atoms with Crippen LogP contribution in [0.2, 0.25) is 0 Å². The highest BCUT2D eigenvalue weighted by molar-refractivity contribution is 6.02. The second-order valence-electron chi connectivity index (χ2n) is 5.21. The summed E-state index contributed by atoms with van der Waals surface area (Å²) in [6, 6.07) is 14.5. The minimum atomic E-state index is -3.53. The van der Waals surface area contributed by atoms with Crippen molar-refractivity contribution in [2.75, 3.05) is 11.9 Å². The molecule has 0 aliphatic carbocycles. The van der Waals surface area contributed by atoms with Gasteiger partial charge in [-0.3, -0.25) is 4.79 Å². The molecule has 0 saturated carbocycles. The summed E-state index contributed by atoms with van der Waals surface area (Å²) in [7, 11) is 1.35. The normalized spacial score (nSPS) is 19.5. The van der Waals surface area contributed by atoms with E-state index in [0.29, 0.717) is 22.4 Å². The fourth-order valence-corrected chi connectivity index (χ4v) is 2.83. The highest BCUT2D eigenvalue weighted by atomic mass is 19.3. The largest absolute Gasteiger partial charge is 0.335 e. The Morgan fingerprint density at radius 1 is 1.14 bits per heavy atom. The molecule has 1 atom stereocenters. The van der Waals surface area contributed by atoms with Gasteiger partial charge >= 0.3 is 5.92 Å². The Bertz CT molecular complexity index is 778. The van der Waals surface area contributed by atoms with E-state index in [9.17, 15) is 13.6 Å². The van der Waals surface area contributed by atoms with Crippen molar-refractivity contribution in [1.82, 2.24) is 0 Å². The average Bonchev–Trinajstić information content (AvgIpc) is 2.53. The molecule has 5 heteroatoms. The summed E-state index contributed by atoms with van der Waals surface area (Å²) < 4.78 is 29.2. The monoisotopic (exact) mass is 298 g/mol. The van der Waals surface area contributed by atoms with Gasteiger partial charge in [-0.2, -0.15) is 14.0 Å². The predicted octanol–water partition coefficient (Wildman–Crippen LogP) is 3.30. The van der Waals surface area contributed by atoms with Gasteiger partial charge in [-0.1, -0.05) is 30.3 Å². The number of anilines is 1. The number of para-hydroxylation sites is 1. The Hall–Kier alpha value is -2.74. The topological polar surface area (TPSA) is 44.1 Å². The molecule has 2 aromatic carbocycles. The van der Waals surface area contributed by atoms with Crippen LogP contribution in [0.5, 0.6) is 0 Å². The fourth-order valence-electron chi connectivity index (χ4n) is 2.83. The summed E-state index contributed by atoms with van der Waals surface area (Å²) in [6.45, 7) is 0. The number of hydrogen-bond acceptors (Lipinski definition) is 2. The molecule has 22 heavy (non-hydrogen) atoms. The molecule has 3 nitrogen and oxygen atoms in total. The first-order valence-electron chi connectivity index (χ1n) is 6.71. The molecule has 110 valence electrons. The lowest BCUT2D eigenvalue weighted by Crippen LogP contribution is -2.50. The number of amides is 1. The Kier molecular flexibility index (Phi) is 3.18. The van der Waals surface area contributed by atoms with Gasteiger partial charge in [-0.05, 0) is 29.3 Å². The molecule has 1 aliphatic heterocycles. The van der Waals surface area contributed by atoms with E-state index in [4.69, 9.17) is 5.26 Å². The van der Waals surface area contributed by atoms with E-state index < -0.39 is 17.7 Å². The lowest BCUT2D eigenvalue weighted by Gasteiger charge is -2.37. The molecule has 1 heterocycles. The van der Waals surface area contributed by atoms with Crippen LogP contribution in [0.1, 0.15) is 22.6 Å². The van der Waals surface area contributed by atoms with Crippen LogP contribution in [0, 0.1) is 11.3 Å². The molecule has 3 rings (SSSR count). The zero-order valence-electron chi connectivity index (χ0n) is 11.8. The molecular weight excluding hydrogens is 286 g/mol. The number of carbonyl (C=O) groups is 1. The number of fused-ring (bicyclic) bond motifs is 1. The first-order chi connectivity index (χ1) is 10.5. The number of halogens is 2. The summed E-state index contributed by atoms with van der Waals surface area (Å²) in [4.78, 5) is 13.0. The smallest absolute Gasteiger partial charge is 0.310 e. The quantitative estimate of drug-likeness (QED) is 0.810.